The number of esters is 2. The molecule has 2 saturated heterocycles. The van der Waals surface area contributed by atoms with Crippen molar-refractivity contribution in [2.75, 3.05) is 51.8 Å². The number of nitrogens with one attached hydrogen (secondary N) is 1. The molecule has 0 amide bonds. The molecule has 10 heteroatoms. The zero-order chi connectivity index (χ0) is 38.9. The number of hydrogen-bond acceptors (Lipinski definition) is 9. The van der Waals surface area contributed by atoms with E-state index in [9.17, 15) is 14.7 Å². The van der Waals surface area contributed by atoms with Crippen molar-refractivity contribution >= 4 is 28.5 Å². The minimum absolute atomic E-state index is 0.125. The molecule has 1 spiro atoms. The van der Waals surface area contributed by atoms with E-state index < -0.39 is 45.9 Å². The van der Waals surface area contributed by atoms with Gasteiger partial charge in [-0.15, -0.1) is 0 Å². The van der Waals surface area contributed by atoms with E-state index in [-0.39, 0.29) is 11.6 Å². The van der Waals surface area contributed by atoms with Crippen LogP contribution in [0.1, 0.15) is 87.7 Å². The number of ether oxygens (including phenoxy) is 2. The molecule has 1 aromatic heterocycles. The van der Waals surface area contributed by atoms with Crippen LogP contribution in [0.4, 0.5) is 5.69 Å². The number of aromatic amines is 1. The van der Waals surface area contributed by atoms with Gasteiger partial charge in [0.05, 0.1) is 13.2 Å². The quantitative estimate of drug-likeness (QED) is 0.242. The largest absolute Gasteiger partial charge is 0.467 e. The summed E-state index contributed by atoms with van der Waals surface area (Å²) in [4.78, 5) is 38.5. The Morgan fingerprint density at radius 3 is 2.58 bits per heavy atom. The predicted octanol–water partition coefficient (Wildman–Crippen LogP) is 5.10. The molecule has 5 aliphatic heterocycles. The van der Waals surface area contributed by atoms with Crippen molar-refractivity contribution in [1.82, 2.24) is 14.8 Å². The summed E-state index contributed by atoms with van der Waals surface area (Å²) in [6, 6.07) is 12.7. The lowest BCUT2D eigenvalue weighted by molar-refractivity contribution is -0.228. The van der Waals surface area contributed by atoms with Crippen molar-refractivity contribution in [3.8, 4) is 0 Å². The number of benzene rings is 2. The molecule has 10 nitrogen and oxygen atoms in total. The maximum absolute atomic E-state index is 14.3. The summed E-state index contributed by atoms with van der Waals surface area (Å²) in [6.07, 6.45) is 8.25. The highest BCUT2D eigenvalue weighted by molar-refractivity contribution is 5.88. The molecule has 2 bridgehead atoms. The molecule has 1 saturated carbocycles. The first kappa shape index (κ1) is 36.9. The molecule has 6 aliphatic rings. The minimum Gasteiger partial charge on any atom is -0.467 e. The fraction of sp³-hybridized carbons (Fsp3) is 0.600. The Labute approximate surface area is 325 Å². The normalized spacial score (nSPS) is 39.0. The molecular formula is C45H59N5O5. The number of piperidine rings is 1. The van der Waals surface area contributed by atoms with Crippen molar-refractivity contribution in [2.45, 2.75) is 113 Å². The number of nitrogens with two attached hydrogens (primary N) is 1. The van der Waals surface area contributed by atoms with E-state index in [1.54, 1.807) is 0 Å². The fourth-order valence-corrected chi connectivity index (χ4v) is 13.6. The number of methoxy groups -OCH3 is 1. The first-order valence-corrected chi connectivity index (χ1v) is 20.6. The van der Waals surface area contributed by atoms with E-state index in [0.717, 1.165) is 76.1 Å². The van der Waals surface area contributed by atoms with Crippen LogP contribution in [0.5, 0.6) is 0 Å². The Balaban J connectivity index is 1.30. The van der Waals surface area contributed by atoms with Crippen LogP contribution in [0.2, 0.25) is 0 Å². The Morgan fingerprint density at radius 2 is 1.85 bits per heavy atom. The molecule has 10 atom stereocenters. The van der Waals surface area contributed by atoms with Gasteiger partial charge in [0.15, 0.2) is 6.10 Å². The smallest absolute Gasteiger partial charge is 0.344 e. The van der Waals surface area contributed by atoms with Gasteiger partial charge in [0.25, 0.3) is 0 Å². The highest BCUT2D eigenvalue weighted by atomic mass is 16.6. The summed E-state index contributed by atoms with van der Waals surface area (Å²) in [6.45, 7) is 14.8. The van der Waals surface area contributed by atoms with Crippen molar-refractivity contribution < 1.29 is 24.2 Å². The number of rotatable bonds is 5. The Kier molecular flexibility index (Phi) is 8.32. The number of H-pyrrole nitrogens is 1. The molecule has 2 aromatic carbocycles. The SMILES string of the molecule is CCC1(N)C[C@H]2CN(CCc3c([nH]c4ccccc34)[C@@](C)(c3cc4c(cc3C)N(C)[C@H]3C(O)(C(=O)OC)[C@H](OC(C)=O)[C@]5(CC)C=CCN6CC[C@]43[C@@H]65)C2)C1. The van der Waals surface area contributed by atoms with Crippen molar-refractivity contribution in [2.24, 2.45) is 17.1 Å². The molecule has 3 fully saturated rings. The summed E-state index contributed by atoms with van der Waals surface area (Å²) in [5.74, 6) is -0.901. The van der Waals surface area contributed by atoms with E-state index in [1.807, 2.05) is 7.05 Å². The van der Waals surface area contributed by atoms with Gasteiger partial charge >= 0.3 is 11.9 Å². The van der Waals surface area contributed by atoms with E-state index in [0.29, 0.717) is 12.3 Å². The van der Waals surface area contributed by atoms with Crippen molar-refractivity contribution in [3.05, 3.63) is 76.5 Å². The molecule has 1 aliphatic carbocycles. The summed E-state index contributed by atoms with van der Waals surface area (Å²) in [5, 5.41) is 14.5. The molecule has 0 radical (unpaired) electrons. The standard InChI is InChI=1S/C45H59N5O5/c1-8-42(46)24-29-23-41(5,36-31(15-19-49(25-29)26-42)30-13-10-11-14-34(30)47-36)32-22-33-35(21-27(32)3)48(6)38-44(33)17-20-50-18-12-16-43(9-2,37(44)50)39(55-28(4)51)45(38,53)40(52)54-7/h10-14,16,21-22,29,37-39,47,53H,8-9,15,17-20,23-26,46H2,1-7H3/t29-,37-,38+,39+,41+,42?,43+,44+,45?/m0/s1. The predicted molar refractivity (Wildman–Crippen MR) is 214 cm³/mol. The number of hydrogen-bond donors (Lipinski definition) is 3. The maximum Gasteiger partial charge on any atom is 0.344 e. The third-order valence-electron chi connectivity index (χ3n) is 15.5. The van der Waals surface area contributed by atoms with Crippen LogP contribution in [0.25, 0.3) is 10.9 Å². The molecule has 3 unspecified atom stereocenters. The number of aromatic nitrogens is 1. The number of carbonyl (C=O) groups excluding carboxylic acids is 2. The molecule has 6 heterocycles. The van der Waals surface area contributed by atoms with Crippen LogP contribution < -0.4 is 10.6 Å². The van der Waals surface area contributed by atoms with Crippen LogP contribution >= 0.6 is 0 Å². The molecule has 294 valence electrons. The number of nitrogens with zero attached hydrogens (tertiary/aromatic N) is 3. The topological polar surface area (TPSA) is 124 Å². The number of likely N-dealkylation sites (N-methyl/N-ethyl adjacent to an activating group) is 1. The second-order valence-corrected chi connectivity index (χ2v) is 18.4. The third kappa shape index (κ3) is 4.80. The van der Waals surface area contributed by atoms with Crippen LogP contribution in [0, 0.1) is 18.3 Å². The zero-order valence-corrected chi connectivity index (χ0v) is 33.7. The fourth-order valence-electron chi connectivity index (χ4n) is 13.6. The Bertz CT molecular complexity index is 2110. The number of para-hydroxylation sites is 1. The van der Waals surface area contributed by atoms with Gasteiger partial charge in [0.1, 0.15) is 0 Å². The van der Waals surface area contributed by atoms with Gasteiger partial charge in [0, 0.05) is 90.3 Å². The highest BCUT2D eigenvalue weighted by Crippen LogP contribution is 2.68. The Hall–Kier alpha value is -3.70. The number of carbonyl (C=O) groups is 2. The second-order valence-electron chi connectivity index (χ2n) is 18.4. The van der Waals surface area contributed by atoms with Crippen LogP contribution in [-0.4, -0.2) is 108 Å². The molecule has 55 heavy (non-hydrogen) atoms. The van der Waals surface area contributed by atoms with Gasteiger partial charge in [-0.2, -0.15) is 0 Å². The summed E-state index contributed by atoms with van der Waals surface area (Å²) in [5.41, 5.74) is 11.4. The lowest BCUT2D eigenvalue weighted by Crippen LogP contribution is -2.81. The second kappa shape index (κ2) is 12.4. The van der Waals surface area contributed by atoms with Gasteiger partial charge in [-0.05, 0) is 99.2 Å². The van der Waals surface area contributed by atoms with Gasteiger partial charge < -0.3 is 35.1 Å². The number of anilines is 1. The van der Waals surface area contributed by atoms with Crippen LogP contribution in [-0.2, 0) is 36.3 Å². The third-order valence-corrected chi connectivity index (χ3v) is 15.5. The summed E-state index contributed by atoms with van der Waals surface area (Å²) in [7, 11) is 3.32. The lowest BCUT2D eigenvalue weighted by Gasteiger charge is -2.63. The minimum atomic E-state index is -2.14. The maximum atomic E-state index is 14.3. The monoisotopic (exact) mass is 749 g/mol. The van der Waals surface area contributed by atoms with E-state index >= 15 is 0 Å². The summed E-state index contributed by atoms with van der Waals surface area (Å²) < 4.78 is 11.7. The number of fused-ring (bicyclic) bond motifs is 6. The van der Waals surface area contributed by atoms with Crippen molar-refractivity contribution in [1.29, 1.82) is 0 Å². The van der Waals surface area contributed by atoms with Gasteiger partial charge in [-0.3, -0.25) is 9.69 Å². The number of aryl methyl sites for hydroxylation is 1. The molecule has 3 aromatic rings. The first-order valence-electron chi connectivity index (χ1n) is 20.6. The van der Waals surface area contributed by atoms with E-state index in [2.05, 4.69) is 95.9 Å². The lowest BCUT2D eigenvalue weighted by atomic mass is 9.47. The Morgan fingerprint density at radius 1 is 1.07 bits per heavy atom. The molecule has 9 rings (SSSR count). The average molecular weight is 750 g/mol. The van der Waals surface area contributed by atoms with Gasteiger partial charge in [0.2, 0.25) is 5.60 Å². The van der Waals surface area contributed by atoms with E-state index in [4.69, 9.17) is 15.2 Å². The van der Waals surface area contributed by atoms with Gasteiger partial charge in [-0.1, -0.05) is 50.3 Å². The van der Waals surface area contributed by atoms with Crippen LogP contribution in [0.15, 0.2) is 48.6 Å². The van der Waals surface area contributed by atoms with E-state index in [1.165, 1.54) is 47.3 Å². The molecule has 4 N–H and O–H groups in total. The van der Waals surface area contributed by atoms with Crippen molar-refractivity contribution in [3.63, 3.8) is 0 Å². The van der Waals surface area contributed by atoms with Gasteiger partial charge in [-0.25, -0.2) is 4.79 Å². The number of aliphatic hydroxyl groups is 1. The summed E-state index contributed by atoms with van der Waals surface area (Å²) >= 11 is 0. The zero-order valence-electron chi connectivity index (χ0n) is 33.7. The molecular weight excluding hydrogens is 691 g/mol. The first-order chi connectivity index (χ1) is 26.2. The highest BCUT2D eigenvalue weighted by Gasteiger charge is 2.80. The van der Waals surface area contributed by atoms with Crippen LogP contribution in [0.3, 0.4) is 0 Å². The average Bonchev–Trinajstić information content (AvgIpc) is 3.82.